The van der Waals surface area contributed by atoms with E-state index in [2.05, 4.69) is 28.9 Å². The normalized spacial score (nSPS) is 21.7. The minimum Gasteiger partial charge on any atom is -0.484 e. The second kappa shape index (κ2) is 10.7. The van der Waals surface area contributed by atoms with Gasteiger partial charge in [-0.05, 0) is 75.7 Å². The smallest absolute Gasteiger partial charge is 0.260 e. The maximum atomic E-state index is 12.8. The lowest BCUT2D eigenvalue weighted by molar-refractivity contribution is -0.137. The lowest BCUT2D eigenvalue weighted by atomic mass is 9.99. The highest BCUT2D eigenvalue weighted by Crippen LogP contribution is 2.22. The molecular weight excluding hydrogens is 336 g/mol. The molecule has 2 fully saturated rings. The number of ether oxygens (including phenoxy) is 1. The van der Waals surface area contributed by atoms with Crippen molar-refractivity contribution in [3.63, 3.8) is 0 Å². The van der Waals surface area contributed by atoms with Crippen LogP contribution in [-0.2, 0) is 11.2 Å². The van der Waals surface area contributed by atoms with E-state index in [4.69, 9.17) is 4.74 Å². The summed E-state index contributed by atoms with van der Waals surface area (Å²) in [5.41, 5.74) is 1.29. The molecular formula is C23H36N2O2. The predicted octanol–water partition coefficient (Wildman–Crippen LogP) is 4.28. The van der Waals surface area contributed by atoms with E-state index in [0.29, 0.717) is 6.04 Å². The Balaban J connectivity index is 1.48. The number of carbonyl (C=O) groups excluding carboxylic acids is 1. The molecule has 0 bridgehead atoms. The third-order valence-corrected chi connectivity index (χ3v) is 6.12. The summed E-state index contributed by atoms with van der Waals surface area (Å²) >= 11 is 0. The van der Waals surface area contributed by atoms with Crippen molar-refractivity contribution < 1.29 is 9.53 Å². The summed E-state index contributed by atoms with van der Waals surface area (Å²) in [4.78, 5) is 17.5. The van der Waals surface area contributed by atoms with Gasteiger partial charge in [0, 0.05) is 19.1 Å². The molecule has 4 heteroatoms. The van der Waals surface area contributed by atoms with Gasteiger partial charge >= 0.3 is 0 Å². The van der Waals surface area contributed by atoms with Crippen molar-refractivity contribution >= 4 is 5.91 Å². The molecule has 0 aliphatic carbocycles. The van der Waals surface area contributed by atoms with E-state index in [9.17, 15) is 4.79 Å². The minimum atomic E-state index is 0.148. The molecule has 1 unspecified atom stereocenters. The first-order chi connectivity index (χ1) is 13.3. The average Bonchev–Trinajstić information content (AvgIpc) is 3.00. The number of carbonyl (C=O) groups is 1. The Hall–Kier alpha value is -1.55. The van der Waals surface area contributed by atoms with Gasteiger partial charge in [-0.25, -0.2) is 0 Å². The van der Waals surface area contributed by atoms with Gasteiger partial charge < -0.3 is 14.5 Å². The van der Waals surface area contributed by atoms with Crippen LogP contribution in [-0.4, -0.2) is 54.5 Å². The lowest BCUT2D eigenvalue weighted by Crippen LogP contribution is -2.47. The summed E-state index contributed by atoms with van der Waals surface area (Å²) < 4.78 is 5.78. The number of nitrogens with zero attached hydrogens (tertiary/aromatic N) is 2. The highest BCUT2D eigenvalue weighted by Gasteiger charge is 2.27. The molecule has 1 aromatic rings. The van der Waals surface area contributed by atoms with E-state index in [1.807, 2.05) is 12.1 Å². The fourth-order valence-corrected chi connectivity index (χ4v) is 4.37. The van der Waals surface area contributed by atoms with Crippen LogP contribution in [0.15, 0.2) is 24.3 Å². The molecule has 1 atom stereocenters. The molecule has 0 aromatic heterocycles. The van der Waals surface area contributed by atoms with E-state index in [-0.39, 0.29) is 12.5 Å². The van der Waals surface area contributed by atoms with Crippen molar-refractivity contribution in [2.24, 2.45) is 0 Å². The predicted molar refractivity (Wildman–Crippen MR) is 110 cm³/mol. The fraction of sp³-hybridized carbons (Fsp3) is 0.696. The zero-order chi connectivity index (χ0) is 18.9. The SMILES string of the molecule is CCc1ccc(OCC(=O)N2CCCCC2CCN2CCCCCC2)cc1. The second-order valence-corrected chi connectivity index (χ2v) is 8.07. The van der Waals surface area contributed by atoms with Gasteiger partial charge in [0.1, 0.15) is 5.75 Å². The Bertz CT molecular complexity index is 564. The largest absolute Gasteiger partial charge is 0.484 e. The van der Waals surface area contributed by atoms with Crippen LogP contribution < -0.4 is 4.74 Å². The second-order valence-electron chi connectivity index (χ2n) is 8.07. The van der Waals surface area contributed by atoms with Gasteiger partial charge in [0.05, 0.1) is 0 Å². The molecule has 0 spiro atoms. The van der Waals surface area contributed by atoms with Gasteiger partial charge in [-0.15, -0.1) is 0 Å². The van der Waals surface area contributed by atoms with Crippen LogP contribution in [0.25, 0.3) is 0 Å². The molecule has 4 nitrogen and oxygen atoms in total. The Labute approximate surface area is 164 Å². The number of likely N-dealkylation sites (tertiary alicyclic amines) is 2. The van der Waals surface area contributed by atoms with Crippen LogP contribution >= 0.6 is 0 Å². The number of amides is 1. The van der Waals surface area contributed by atoms with Gasteiger partial charge in [0.15, 0.2) is 6.61 Å². The van der Waals surface area contributed by atoms with Crippen LogP contribution in [0.5, 0.6) is 5.75 Å². The molecule has 0 N–H and O–H groups in total. The third kappa shape index (κ3) is 6.24. The molecule has 1 aromatic carbocycles. The summed E-state index contributed by atoms with van der Waals surface area (Å²) in [6.45, 7) is 6.79. The van der Waals surface area contributed by atoms with Crippen LogP contribution in [0.3, 0.4) is 0 Å². The van der Waals surface area contributed by atoms with Crippen molar-refractivity contribution in [2.45, 2.75) is 70.8 Å². The summed E-state index contributed by atoms with van der Waals surface area (Å²) in [6, 6.07) is 8.48. The first kappa shape index (κ1) is 20.2. The molecule has 27 heavy (non-hydrogen) atoms. The minimum absolute atomic E-state index is 0.148. The fourth-order valence-electron chi connectivity index (χ4n) is 4.37. The zero-order valence-electron chi connectivity index (χ0n) is 17.0. The molecule has 1 amide bonds. The monoisotopic (exact) mass is 372 g/mol. The summed E-state index contributed by atoms with van der Waals surface area (Å²) in [5.74, 6) is 0.939. The van der Waals surface area contributed by atoms with Crippen molar-refractivity contribution in [3.8, 4) is 5.75 Å². The van der Waals surface area contributed by atoms with Gasteiger partial charge in [-0.1, -0.05) is 31.9 Å². The molecule has 0 radical (unpaired) electrons. The van der Waals surface area contributed by atoms with Crippen molar-refractivity contribution in [3.05, 3.63) is 29.8 Å². The number of hydrogen-bond donors (Lipinski definition) is 0. The summed E-state index contributed by atoms with van der Waals surface area (Å²) in [7, 11) is 0. The van der Waals surface area contributed by atoms with Gasteiger partial charge in [0.25, 0.3) is 5.91 Å². The maximum Gasteiger partial charge on any atom is 0.260 e. The first-order valence-corrected chi connectivity index (χ1v) is 11.0. The van der Waals surface area contributed by atoms with Crippen LogP contribution in [0.1, 0.15) is 63.9 Å². The number of hydrogen-bond acceptors (Lipinski definition) is 3. The number of benzene rings is 1. The van der Waals surface area contributed by atoms with Gasteiger partial charge in [0.2, 0.25) is 0 Å². The highest BCUT2D eigenvalue weighted by atomic mass is 16.5. The Morgan fingerprint density at radius 1 is 1.00 bits per heavy atom. The third-order valence-electron chi connectivity index (χ3n) is 6.12. The lowest BCUT2D eigenvalue weighted by Gasteiger charge is -2.37. The van der Waals surface area contributed by atoms with Crippen LogP contribution in [0.2, 0.25) is 0 Å². The Morgan fingerprint density at radius 3 is 2.41 bits per heavy atom. The Kier molecular flexibility index (Phi) is 8.00. The quantitative estimate of drug-likeness (QED) is 0.716. The van der Waals surface area contributed by atoms with E-state index in [0.717, 1.165) is 44.5 Å². The average molecular weight is 373 g/mol. The summed E-state index contributed by atoms with van der Waals surface area (Å²) in [6.07, 6.45) is 11.1. The van der Waals surface area contributed by atoms with Gasteiger partial charge in [-0.3, -0.25) is 4.79 Å². The van der Waals surface area contributed by atoms with E-state index in [1.54, 1.807) is 0 Å². The zero-order valence-corrected chi connectivity index (χ0v) is 17.0. The van der Waals surface area contributed by atoms with Crippen LogP contribution in [0, 0.1) is 0 Å². The van der Waals surface area contributed by atoms with E-state index < -0.39 is 0 Å². The van der Waals surface area contributed by atoms with Crippen molar-refractivity contribution in [1.29, 1.82) is 0 Å². The molecule has 0 saturated carbocycles. The van der Waals surface area contributed by atoms with E-state index >= 15 is 0 Å². The number of piperidine rings is 1. The number of rotatable bonds is 7. The number of aryl methyl sites for hydroxylation is 1. The molecule has 2 aliphatic heterocycles. The summed E-state index contributed by atoms with van der Waals surface area (Å²) in [5, 5.41) is 0. The van der Waals surface area contributed by atoms with Crippen LogP contribution in [0.4, 0.5) is 0 Å². The van der Waals surface area contributed by atoms with Gasteiger partial charge in [-0.2, -0.15) is 0 Å². The first-order valence-electron chi connectivity index (χ1n) is 11.0. The highest BCUT2D eigenvalue weighted by molar-refractivity contribution is 5.78. The molecule has 150 valence electrons. The van der Waals surface area contributed by atoms with E-state index in [1.165, 1.54) is 50.8 Å². The topological polar surface area (TPSA) is 32.8 Å². The Morgan fingerprint density at radius 2 is 1.70 bits per heavy atom. The standard InChI is InChI=1S/C23H36N2O2/c1-2-20-10-12-22(13-11-20)27-19-23(26)25-17-8-5-9-21(25)14-18-24-15-6-3-4-7-16-24/h10-13,21H,2-9,14-19H2,1H3. The van der Waals surface area contributed by atoms with Crippen molar-refractivity contribution in [2.75, 3.05) is 32.8 Å². The van der Waals surface area contributed by atoms with Crippen molar-refractivity contribution in [1.82, 2.24) is 9.80 Å². The molecule has 2 aliphatic rings. The molecule has 3 rings (SSSR count). The molecule has 2 saturated heterocycles. The molecule has 2 heterocycles. The maximum absolute atomic E-state index is 12.8.